The van der Waals surface area contributed by atoms with Crippen molar-refractivity contribution in [1.29, 1.82) is 0 Å². The maximum absolute atomic E-state index is 12.0. The monoisotopic (exact) mass is 401 g/mol. The second kappa shape index (κ2) is 5.73. The lowest BCUT2D eigenvalue weighted by molar-refractivity contribution is 0.0987. The summed E-state index contributed by atoms with van der Waals surface area (Å²) in [5, 5.41) is 0. The van der Waals surface area contributed by atoms with Crippen LogP contribution in [-0.2, 0) is 6.42 Å². The molecule has 0 saturated carbocycles. The molecule has 0 aliphatic rings. The Bertz CT molecular complexity index is 539. The van der Waals surface area contributed by atoms with Crippen LogP contribution in [0.1, 0.15) is 16.1 Å². The summed E-state index contributed by atoms with van der Waals surface area (Å²) in [5.74, 6) is 0.0266. The van der Waals surface area contributed by atoms with Crippen molar-refractivity contribution in [3.63, 3.8) is 0 Å². The summed E-state index contributed by atoms with van der Waals surface area (Å²) < 4.78 is 1.91. The van der Waals surface area contributed by atoms with E-state index in [4.69, 9.17) is 0 Å². The number of halogens is 2. The Hall–Kier alpha value is -0.750. The molecule has 86 valence electrons. The maximum Gasteiger partial charge on any atom is 0.186 e. The lowest BCUT2D eigenvalue weighted by Gasteiger charge is -2.03. The maximum atomic E-state index is 12.0. The molecular formula is C13H9BrINO. The van der Waals surface area contributed by atoms with Crippen LogP contribution in [-0.4, -0.2) is 10.8 Å². The number of carbonyl (C=O) groups excluding carboxylic acids is 1. The molecule has 0 saturated heterocycles. The normalized spacial score (nSPS) is 10.2. The van der Waals surface area contributed by atoms with Crippen LogP contribution in [0.3, 0.4) is 0 Å². The topological polar surface area (TPSA) is 30.0 Å². The molecule has 1 aromatic heterocycles. The van der Waals surface area contributed by atoms with E-state index in [1.165, 1.54) is 0 Å². The van der Waals surface area contributed by atoms with Gasteiger partial charge in [0.2, 0.25) is 0 Å². The average Bonchev–Trinajstić information content (AvgIpc) is 2.32. The predicted octanol–water partition coefficient (Wildman–Crippen LogP) is 3.87. The van der Waals surface area contributed by atoms with Crippen LogP contribution in [0, 0.1) is 3.57 Å². The Balaban J connectivity index is 2.17. The smallest absolute Gasteiger partial charge is 0.186 e. The first-order chi connectivity index (χ1) is 8.16. The van der Waals surface area contributed by atoms with Crippen molar-refractivity contribution in [3.8, 4) is 0 Å². The quantitative estimate of drug-likeness (QED) is 0.577. The highest BCUT2D eigenvalue weighted by Crippen LogP contribution is 2.16. The Morgan fingerprint density at radius 1 is 1.24 bits per heavy atom. The largest absolute Gasteiger partial charge is 0.292 e. The number of hydrogen-bond acceptors (Lipinski definition) is 2. The van der Waals surface area contributed by atoms with Crippen molar-refractivity contribution in [1.82, 2.24) is 4.98 Å². The van der Waals surface area contributed by atoms with Crippen LogP contribution in [0.4, 0.5) is 0 Å². The van der Waals surface area contributed by atoms with Crippen molar-refractivity contribution in [2.45, 2.75) is 6.42 Å². The first-order valence-corrected chi connectivity index (χ1v) is 6.92. The van der Waals surface area contributed by atoms with Gasteiger partial charge in [0.05, 0.1) is 0 Å². The molecule has 0 aliphatic carbocycles. The molecule has 4 heteroatoms. The van der Waals surface area contributed by atoms with Crippen molar-refractivity contribution >= 4 is 44.3 Å². The molecule has 17 heavy (non-hydrogen) atoms. The van der Waals surface area contributed by atoms with Crippen LogP contribution in [0.25, 0.3) is 0 Å². The highest BCUT2D eigenvalue weighted by molar-refractivity contribution is 14.1. The molecule has 1 heterocycles. The number of aromatic nitrogens is 1. The van der Waals surface area contributed by atoms with E-state index in [9.17, 15) is 4.79 Å². The summed E-state index contributed by atoms with van der Waals surface area (Å²) in [5.41, 5.74) is 1.50. The standard InChI is InChI=1S/C13H9BrINO/c14-11-2-1-7-16-13(11)12(17)8-9-3-5-10(15)6-4-9/h1-7H,8H2. The zero-order chi connectivity index (χ0) is 12.3. The highest BCUT2D eigenvalue weighted by atomic mass is 127. The van der Waals surface area contributed by atoms with Gasteiger partial charge in [0.15, 0.2) is 5.78 Å². The summed E-state index contributed by atoms with van der Waals surface area (Å²) in [6.45, 7) is 0. The third-order valence-corrected chi connectivity index (χ3v) is 3.66. The molecule has 2 nitrogen and oxygen atoms in total. The number of benzene rings is 1. The zero-order valence-electron chi connectivity index (χ0n) is 8.86. The molecule has 0 bridgehead atoms. The molecule has 2 aromatic rings. The number of Topliss-reactive ketones (excluding diaryl/α,β-unsaturated/α-hetero) is 1. The van der Waals surface area contributed by atoms with Gasteiger partial charge in [0, 0.05) is 20.7 Å². The van der Waals surface area contributed by atoms with E-state index in [2.05, 4.69) is 43.5 Å². The van der Waals surface area contributed by atoms with Gasteiger partial charge in [-0.2, -0.15) is 0 Å². The molecule has 0 radical (unpaired) electrons. The zero-order valence-corrected chi connectivity index (χ0v) is 12.6. The van der Waals surface area contributed by atoms with E-state index in [0.29, 0.717) is 12.1 Å². The van der Waals surface area contributed by atoms with E-state index in [1.54, 1.807) is 12.3 Å². The van der Waals surface area contributed by atoms with Gasteiger partial charge in [-0.15, -0.1) is 0 Å². The molecule has 0 atom stereocenters. The molecule has 1 aromatic carbocycles. The molecule has 0 spiro atoms. The van der Waals surface area contributed by atoms with Gasteiger partial charge in [0.1, 0.15) is 5.69 Å². The Kier molecular flexibility index (Phi) is 4.28. The molecule has 0 unspecified atom stereocenters. The summed E-state index contributed by atoms with van der Waals surface area (Å²) in [4.78, 5) is 16.1. The van der Waals surface area contributed by atoms with E-state index < -0.39 is 0 Å². The van der Waals surface area contributed by atoms with Crippen molar-refractivity contribution in [3.05, 3.63) is 61.9 Å². The molecule has 0 aliphatic heterocycles. The molecular weight excluding hydrogens is 393 g/mol. The molecule has 0 amide bonds. The van der Waals surface area contributed by atoms with E-state index in [0.717, 1.165) is 13.6 Å². The fourth-order valence-electron chi connectivity index (χ4n) is 1.46. The second-order valence-electron chi connectivity index (χ2n) is 3.56. The summed E-state index contributed by atoms with van der Waals surface area (Å²) in [6, 6.07) is 11.6. The lowest BCUT2D eigenvalue weighted by atomic mass is 10.1. The van der Waals surface area contributed by atoms with Crippen LogP contribution in [0.5, 0.6) is 0 Å². The fourth-order valence-corrected chi connectivity index (χ4v) is 2.30. The Labute approximate surface area is 122 Å². The summed E-state index contributed by atoms with van der Waals surface area (Å²) >= 11 is 5.58. The third-order valence-electron chi connectivity index (χ3n) is 2.30. The van der Waals surface area contributed by atoms with Gasteiger partial charge in [0.25, 0.3) is 0 Å². The molecule has 0 fully saturated rings. The first kappa shape index (κ1) is 12.7. The lowest BCUT2D eigenvalue weighted by Crippen LogP contribution is -2.06. The van der Waals surface area contributed by atoms with Gasteiger partial charge < -0.3 is 0 Å². The number of pyridine rings is 1. The predicted molar refractivity (Wildman–Crippen MR) is 79.1 cm³/mol. The minimum atomic E-state index is 0.0266. The first-order valence-electron chi connectivity index (χ1n) is 5.05. The Morgan fingerprint density at radius 3 is 2.59 bits per heavy atom. The minimum absolute atomic E-state index is 0.0266. The van der Waals surface area contributed by atoms with Gasteiger partial charge >= 0.3 is 0 Å². The number of nitrogens with zero attached hydrogens (tertiary/aromatic N) is 1. The number of ketones is 1. The fraction of sp³-hybridized carbons (Fsp3) is 0.0769. The van der Waals surface area contributed by atoms with Crippen molar-refractivity contribution < 1.29 is 4.79 Å². The van der Waals surface area contributed by atoms with Gasteiger partial charge in [-0.05, 0) is 68.3 Å². The second-order valence-corrected chi connectivity index (χ2v) is 5.66. The van der Waals surface area contributed by atoms with Crippen LogP contribution >= 0.6 is 38.5 Å². The van der Waals surface area contributed by atoms with Gasteiger partial charge in [-0.25, -0.2) is 0 Å². The Morgan fingerprint density at radius 2 is 1.94 bits per heavy atom. The molecule has 2 rings (SSSR count). The van der Waals surface area contributed by atoms with Crippen LogP contribution in [0.2, 0.25) is 0 Å². The van der Waals surface area contributed by atoms with Gasteiger partial charge in [-0.3, -0.25) is 9.78 Å². The van der Waals surface area contributed by atoms with Crippen molar-refractivity contribution in [2.24, 2.45) is 0 Å². The summed E-state index contributed by atoms with van der Waals surface area (Å²) in [7, 11) is 0. The summed E-state index contributed by atoms with van der Waals surface area (Å²) in [6.07, 6.45) is 2.01. The number of carbonyl (C=O) groups is 1. The van der Waals surface area contributed by atoms with Crippen LogP contribution in [0.15, 0.2) is 47.1 Å². The average molecular weight is 402 g/mol. The number of rotatable bonds is 3. The minimum Gasteiger partial charge on any atom is -0.292 e. The number of hydrogen-bond donors (Lipinski definition) is 0. The van der Waals surface area contributed by atoms with E-state index in [-0.39, 0.29) is 5.78 Å². The molecule has 0 N–H and O–H groups in total. The highest BCUT2D eigenvalue weighted by Gasteiger charge is 2.11. The van der Waals surface area contributed by atoms with E-state index in [1.807, 2.05) is 30.3 Å². The van der Waals surface area contributed by atoms with Crippen LogP contribution < -0.4 is 0 Å². The van der Waals surface area contributed by atoms with E-state index >= 15 is 0 Å². The van der Waals surface area contributed by atoms with Crippen molar-refractivity contribution in [2.75, 3.05) is 0 Å². The third kappa shape index (κ3) is 3.35. The van der Waals surface area contributed by atoms with Gasteiger partial charge in [-0.1, -0.05) is 12.1 Å². The SMILES string of the molecule is O=C(Cc1ccc(I)cc1)c1ncccc1Br.